The predicted molar refractivity (Wildman–Crippen MR) is 107 cm³/mol. The second kappa shape index (κ2) is 6.70. The van der Waals surface area contributed by atoms with E-state index in [2.05, 4.69) is 15.9 Å². The molecule has 0 saturated heterocycles. The summed E-state index contributed by atoms with van der Waals surface area (Å²) in [7, 11) is -2.30. The third-order valence-corrected chi connectivity index (χ3v) is 6.92. The summed E-state index contributed by atoms with van der Waals surface area (Å²) < 4.78 is 28.7. The van der Waals surface area contributed by atoms with Gasteiger partial charge in [0.15, 0.2) is 0 Å². The van der Waals surface area contributed by atoms with Crippen molar-refractivity contribution < 1.29 is 13.2 Å². The summed E-state index contributed by atoms with van der Waals surface area (Å²) >= 11 is 3.42. The Morgan fingerprint density at radius 2 is 1.96 bits per heavy atom. The summed E-state index contributed by atoms with van der Waals surface area (Å²) in [5, 5.41) is 0. The van der Waals surface area contributed by atoms with Gasteiger partial charge in [-0.1, -0.05) is 28.1 Å². The molecule has 1 aliphatic heterocycles. The fourth-order valence-corrected chi connectivity index (χ4v) is 5.55. The lowest BCUT2D eigenvalue weighted by Gasteiger charge is -2.26. The number of carbonyl (C=O) groups excluding carboxylic acids is 1. The number of hydrogen-bond donors (Lipinski definition) is 0. The first-order chi connectivity index (χ1) is 12.1. The van der Waals surface area contributed by atoms with Crippen molar-refractivity contribution in [1.82, 2.24) is 0 Å². The van der Waals surface area contributed by atoms with Crippen LogP contribution in [0.5, 0.6) is 0 Å². The van der Waals surface area contributed by atoms with Gasteiger partial charge in [-0.25, -0.2) is 8.42 Å². The SMILES string of the molecule is CC(=O)N1c2c(cc(Br)cc2S(=O)(=O)N(C)c2cccc(C)c2)C[C@@H]1C. The summed E-state index contributed by atoms with van der Waals surface area (Å²) in [6, 6.07) is 10.7. The van der Waals surface area contributed by atoms with Crippen LogP contribution in [0.25, 0.3) is 0 Å². The van der Waals surface area contributed by atoms with Crippen LogP contribution in [-0.4, -0.2) is 27.4 Å². The number of fused-ring (bicyclic) bond motifs is 1. The maximum Gasteiger partial charge on any atom is 0.266 e. The van der Waals surface area contributed by atoms with Crippen molar-refractivity contribution in [3.05, 3.63) is 52.0 Å². The Balaban J connectivity index is 2.19. The second-order valence-corrected chi connectivity index (χ2v) is 9.52. The molecule has 1 atom stereocenters. The molecular formula is C19H21BrN2O3S. The number of halogens is 1. The number of amides is 1. The predicted octanol–water partition coefficient (Wildman–Crippen LogP) is 3.88. The van der Waals surface area contributed by atoms with Gasteiger partial charge in [-0.05, 0) is 55.7 Å². The molecule has 0 saturated carbocycles. The van der Waals surface area contributed by atoms with Gasteiger partial charge in [0.1, 0.15) is 4.90 Å². The molecule has 1 aliphatic rings. The molecule has 138 valence electrons. The van der Waals surface area contributed by atoms with E-state index in [0.29, 0.717) is 22.3 Å². The molecule has 0 aliphatic carbocycles. The van der Waals surface area contributed by atoms with Crippen LogP contribution in [0.4, 0.5) is 11.4 Å². The Bertz CT molecular complexity index is 988. The number of benzene rings is 2. The zero-order valence-corrected chi connectivity index (χ0v) is 17.6. The number of hydrogen-bond acceptors (Lipinski definition) is 3. The average molecular weight is 437 g/mol. The minimum absolute atomic E-state index is 0.0741. The first kappa shape index (κ1) is 18.9. The van der Waals surface area contributed by atoms with E-state index in [4.69, 9.17) is 0 Å². The van der Waals surface area contributed by atoms with Gasteiger partial charge in [0.05, 0.1) is 11.4 Å². The average Bonchev–Trinajstić information content (AvgIpc) is 2.88. The Hall–Kier alpha value is -1.86. The molecule has 0 N–H and O–H groups in total. The molecule has 2 aromatic rings. The Kier molecular flexibility index (Phi) is 4.88. The third-order valence-electron chi connectivity index (χ3n) is 4.66. The van der Waals surface area contributed by atoms with E-state index in [9.17, 15) is 13.2 Å². The van der Waals surface area contributed by atoms with E-state index in [0.717, 1.165) is 11.1 Å². The largest absolute Gasteiger partial charge is 0.308 e. The normalized spacial score (nSPS) is 16.5. The van der Waals surface area contributed by atoms with Crippen molar-refractivity contribution in [3.8, 4) is 0 Å². The molecule has 26 heavy (non-hydrogen) atoms. The molecular weight excluding hydrogens is 416 g/mol. The van der Waals surface area contributed by atoms with Crippen LogP contribution in [0.3, 0.4) is 0 Å². The molecule has 0 fully saturated rings. The van der Waals surface area contributed by atoms with Gasteiger partial charge in [-0.2, -0.15) is 0 Å². The molecule has 1 heterocycles. The molecule has 0 radical (unpaired) electrons. The summed E-state index contributed by atoms with van der Waals surface area (Å²) in [5.41, 5.74) is 2.91. The Labute approximate surface area is 162 Å². The minimum Gasteiger partial charge on any atom is -0.308 e. The first-order valence-electron chi connectivity index (χ1n) is 8.30. The first-order valence-corrected chi connectivity index (χ1v) is 10.5. The maximum atomic E-state index is 13.4. The number of aryl methyl sites for hydroxylation is 1. The summed E-state index contributed by atoms with van der Waals surface area (Å²) in [4.78, 5) is 13.9. The number of anilines is 2. The fourth-order valence-electron chi connectivity index (χ4n) is 3.46. The van der Waals surface area contributed by atoms with Crippen molar-refractivity contribution in [2.45, 2.75) is 38.1 Å². The fraction of sp³-hybridized carbons (Fsp3) is 0.316. The summed E-state index contributed by atoms with van der Waals surface area (Å²) in [6.45, 7) is 5.31. The van der Waals surface area contributed by atoms with Gasteiger partial charge >= 0.3 is 0 Å². The van der Waals surface area contributed by atoms with Crippen molar-refractivity contribution in [2.24, 2.45) is 0 Å². The zero-order chi connectivity index (χ0) is 19.2. The second-order valence-electron chi connectivity index (χ2n) is 6.67. The van der Waals surface area contributed by atoms with Crippen LogP contribution in [0.15, 0.2) is 45.8 Å². The molecule has 2 aromatic carbocycles. The topological polar surface area (TPSA) is 57.7 Å². The molecule has 0 aromatic heterocycles. The van der Waals surface area contributed by atoms with E-state index in [1.165, 1.54) is 18.3 Å². The quantitative estimate of drug-likeness (QED) is 0.733. The molecule has 1 amide bonds. The van der Waals surface area contributed by atoms with E-state index in [-0.39, 0.29) is 16.8 Å². The van der Waals surface area contributed by atoms with Gasteiger partial charge in [-0.3, -0.25) is 9.10 Å². The van der Waals surface area contributed by atoms with Gasteiger partial charge in [-0.15, -0.1) is 0 Å². The molecule has 0 unspecified atom stereocenters. The standard InChI is InChI=1S/C19H21BrN2O3S/c1-12-6-5-7-17(8-12)21(4)26(24,25)18-11-16(20)10-15-9-13(2)22(14(3)23)19(15)18/h5-8,10-11,13H,9H2,1-4H3/t13-/m0/s1. The van der Waals surface area contributed by atoms with E-state index >= 15 is 0 Å². The van der Waals surface area contributed by atoms with E-state index in [1.54, 1.807) is 17.0 Å². The van der Waals surface area contributed by atoms with Gasteiger partial charge in [0, 0.05) is 24.5 Å². The number of rotatable bonds is 3. The smallest absolute Gasteiger partial charge is 0.266 e. The van der Waals surface area contributed by atoms with Crippen LogP contribution in [0.1, 0.15) is 25.0 Å². The highest BCUT2D eigenvalue weighted by atomic mass is 79.9. The zero-order valence-electron chi connectivity index (χ0n) is 15.2. The van der Waals surface area contributed by atoms with Crippen LogP contribution in [0, 0.1) is 6.92 Å². The Morgan fingerprint density at radius 1 is 1.27 bits per heavy atom. The lowest BCUT2D eigenvalue weighted by molar-refractivity contribution is -0.116. The molecule has 3 rings (SSSR count). The van der Waals surface area contributed by atoms with Crippen molar-refractivity contribution in [2.75, 3.05) is 16.3 Å². The minimum atomic E-state index is -3.84. The van der Waals surface area contributed by atoms with Crippen LogP contribution < -0.4 is 9.21 Å². The summed E-state index contributed by atoms with van der Waals surface area (Å²) in [6.07, 6.45) is 0.630. The molecule has 5 nitrogen and oxygen atoms in total. The maximum absolute atomic E-state index is 13.4. The van der Waals surface area contributed by atoms with Crippen molar-refractivity contribution >= 4 is 43.2 Å². The highest BCUT2D eigenvalue weighted by Crippen LogP contribution is 2.41. The highest BCUT2D eigenvalue weighted by molar-refractivity contribution is 9.10. The number of nitrogens with zero attached hydrogens (tertiary/aromatic N) is 2. The Morgan fingerprint density at radius 3 is 2.58 bits per heavy atom. The third kappa shape index (κ3) is 3.14. The molecule has 0 spiro atoms. The van der Waals surface area contributed by atoms with E-state index in [1.807, 2.05) is 38.1 Å². The molecule has 7 heteroatoms. The van der Waals surface area contributed by atoms with Crippen LogP contribution >= 0.6 is 15.9 Å². The monoisotopic (exact) mass is 436 g/mol. The van der Waals surface area contributed by atoms with Gasteiger partial charge in [0.2, 0.25) is 5.91 Å². The molecule has 0 bridgehead atoms. The number of sulfonamides is 1. The van der Waals surface area contributed by atoms with Crippen LogP contribution in [-0.2, 0) is 21.2 Å². The highest BCUT2D eigenvalue weighted by Gasteiger charge is 2.36. The lowest BCUT2D eigenvalue weighted by Crippen LogP contribution is -2.35. The van der Waals surface area contributed by atoms with E-state index < -0.39 is 10.0 Å². The lowest BCUT2D eigenvalue weighted by atomic mass is 10.1. The van der Waals surface area contributed by atoms with Crippen molar-refractivity contribution in [3.63, 3.8) is 0 Å². The number of carbonyl (C=O) groups is 1. The van der Waals surface area contributed by atoms with Crippen LogP contribution in [0.2, 0.25) is 0 Å². The summed E-state index contributed by atoms with van der Waals surface area (Å²) in [5.74, 6) is -0.159. The van der Waals surface area contributed by atoms with Gasteiger partial charge < -0.3 is 4.90 Å². The van der Waals surface area contributed by atoms with Crippen molar-refractivity contribution in [1.29, 1.82) is 0 Å². The van der Waals surface area contributed by atoms with Gasteiger partial charge in [0.25, 0.3) is 10.0 Å².